The maximum Gasteiger partial charge on any atom is 0.255 e. The highest BCUT2D eigenvalue weighted by atomic mass is 19.1. The Balaban J connectivity index is 1.60. The van der Waals surface area contributed by atoms with Gasteiger partial charge in [0, 0.05) is 25.9 Å². The minimum atomic E-state index is -0.562. The molecule has 110 valence electrons. The Labute approximate surface area is 120 Å². The number of amides is 1. The van der Waals surface area contributed by atoms with E-state index in [2.05, 4.69) is 20.1 Å². The van der Waals surface area contributed by atoms with Crippen molar-refractivity contribution in [3.63, 3.8) is 0 Å². The van der Waals surface area contributed by atoms with Crippen molar-refractivity contribution in [1.29, 1.82) is 0 Å². The van der Waals surface area contributed by atoms with E-state index in [0.29, 0.717) is 13.0 Å². The van der Waals surface area contributed by atoms with E-state index >= 15 is 0 Å². The molecular weight excluding hydrogens is 275 g/mol. The van der Waals surface area contributed by atoms with Crippen LogP contribution >= 0.6 is 0 Å². The first-order valence-electron chi connectivity index (χ1n) is 6.83. The van der Waals surface area contributed by atoms with Crippen molar-refractivity contribution in [2.45, 2.75) is 25.8 Å². The first-order chi connectivity index (χ1) is 10.1. The van der Waals surface area contributed by atoms with Gasteiger partial charge in [-0.1, -0.05) is 0 Å². The summed E-state index contributed by atoms with van der Waals surface area (Å²) in [5.74, 6) is 0.518. The van der Waals surface area contributed by atoms with Crippen LogP contribution in [0.25, 0.3) is 0 Å². The summed E-state index contributed by atoms with van der Waals surface area (Å²) < 4.78 is 15.2. The molecule has 6 nitrogen and oxygen atoms in total. The first-order valence-corrected chi connectivity index (χ1v) is 6.83. The minimum Gasteiger partial charge on any atom is -0.507 e. The summed E-state index contributed by atoms with van der Waals surface area (Å²) in [6, 6.07) is 3.28. The third-order valence-electron chi connectivity index (χ3n) is 3.52. The Morgan fingerprint density at radius 3 is 3.14 bits per heavy atom. The number of nitrogens with zero attached hydrogens (tertiary/aromatic N) is 3. The molecular formula is C14H15FN4O2. The number of halogens is 1. The third-order valence-corrected chi connectivity index (χ3v) is 3.52. The average molecular weight is 290 g/mol. The fourth-order valence-corrected chi connectivity index (χ4v) is 2.47. The van der Waals surface area contributed by atoms with Gasteiger partial charge in [0.2, 0.25) is 0 Å². The number of hydrogen-bond acceptors (Lipinski definition) is 4. The van der Waals surface area contributed by atoms with Crippen molar-refractivity contribution < 1.29 is 14.3 Å². The van der Waals surface area contributed by atoms with Crippen LogP contribution in [0.15, 0.2) is 18.2 Å². The Hall–Kier alpha value is -2.44. The summed E-state index contributed by atoms with van der Waals surface area (Å²) in [4.78, 5) is 11.9. The van der Waals surface area contributed by atoms with Gasteiger partial charge in [0.1, 0.15) is 23.2 Å². The standard InChI is InChI=1S/C14H15FN4O2/c15-9-3-4-11(20)10(8-9)14(21)16-6-5-13-18-17-12-2-1-7-19(12)13/h3-4,8,20H,1-2,5-7H2,(H,16,21). The van der Waals surface area contributed by atoms with E-state index < -0.39 is 11.7 Å². The van der Waals surface area contributed by atoms with Crippen molar-refractivity contribution in [3.05, 3.63) is 41.2 Å². The summed E-state index contributed by atoms with van der Waals surface area (Å²) in [6.07, 6.45) is 2.56. The van der Waals surface area contributed by atoms with Gasteiger partial charge in [-0.3, -0.25) is 4.79 Å². The number of aryl methyl sites for hydroxylation is 1. The Morgan fingerprint density at radius 2 is 2.29 bits per heavy atom. The number of benzene rings is 1. The van der Waals surface area contributed by atoms with E-state index in [1.54, 1.807) is 0 Å². The van der Waals surface area contributed by atoms with Crippen LogP contribution in [0.3, 0.4) is 0 Å². The highest BCUT2D eigenvalue weighted by Gasteiger charge is 2.17. The molecule has 1 aliphatic rings. The first kappa shape index (κ1) is 13.5. The SMILES string of the molecule is O=C(NCCc1nnc2n1CCC2)c1cc(F)ccc1O. The molecule has 7 heteroatoms. The quantitative estimate of drug-likeness (QED) is 0.881. The molecule has 0 aliphatic carbocycles. The molecule has 0 fully saturated rings. The van der Waals surface area contributed by atoms with E-state index in [-0.39, 0.29) is 11.3 Å². The number of hydrogen-bond donors (Lipinski definition) is 2. The fraction of sp³-hybridized carbons (Fsp3) is 0.357. The van der Waals surface area contributed by atoms with Crippen molar-refractivity contribution in [1.82, 2.24) is 20.1 Å². The van der Waals surface area contributed by atoms with E-state index in [9.17, 15) is 14.3 Å². The second kappa shape index (κ2) is 5.51. The van der Waals surface area contributed by atoms with Gasteiger partial charge in [-0.25, -0.2) is 4.39 Å². The number of phenols is 1. The molecule has 0 saturated heterocycles. The van der Waals surface area contributed by atoms with Gasteiger partial charge in [0.05, 0.1) is 5.56 Å². The molecule has 2 aromatic rings. The van der Waals surface area contributed by atoms with Gasteiger partial charge in [0.15, 0.2) is 0 Å². The second-order valence-electron chi connectivity index (χ2n) is 4.96. The van der Waals surface area contributed by atoms with Crippen LogP contribution in [0.2, 0.25) is 0 Å². The molecule has 21 heavy (non-hydrogen) atoms. The lowest BCUT2D eigenvalue weighted by molar-refractivity contribution is 0.0950. The maximum atomic E-state index is 13.1. The lowest BCUT2D eigenvalue weighted by Crippen LogP contribution is -2.26. The lowest BCUT2D eigenvalue weighted by Gasteiger charge is -2.07. The highest BCUT2D eigenvalue weighted by molar-refractivity contribution is 5.96. The predicted octanol–water partition coefficient (Wildman–Crippen LogP) is 1.04. The number of aromatic nitrogens is 3. The van der Waals surface area contributed by atoms with Gasteiger partial charge in [-0.2, -0.15) is 0 Å². The number of phenolic OH excluding ortho intramolecular Hbond substituents is 1. The Bertz CT molecular complexity index is 684. The average Bonchev–Trinajstić information content (AvgIpc) is 3.06. The molecule has 1 aliphatic heterocycles. The van der Waals surface area contributed by atoms with Gasteiger partial charge in [-0.05, 0) is 24.6 Å². The third kappa shape index (κ3) is 2.72. The van der Waals surface area contributed by atoms with Gasteiger partial charge in [0.25, 0.3) is 5.91 Å². The van der Waals surface area contributed by atoms with E-state index in [0.717, 1.165) is 49.2 Å². The molecule has 1 aromatic carbocycles. The molecule has 2 heterocycles. The van der Waals surface area contributed by atoms with Crippen molar-refractivity contribution in [2.75, 3.05) is 6.54 Å². The molecule has 0 atom stereocenters. The molecule has 0 unspecified atom stereocenters. The van der Waals surface area contributed by atoms with Gasteiger partial charge in [-0.15, -0.1) is 10.2 Å². The van der Waals surface area contributed by atoms with Crippen LogP contribution in [-0.2, 0) is 19.4 Å². The normalized spacial score (nSPS) is 13.2. The summed E-state index contributed by atoms with van der Waals surface area (Å²) in [6.45, 7) is 1.27. The number of aromatic hydroxyl groups is 1. The molecule has 0 radical (unpaired) electrons. The van der Waals surface area contributed by atoms with Crippen LogP contribution in [0.5, 0.6) is 5.75 Å². The predicted molar refractivity (Wildman–Crippen MR) is 72.4 cm³/mol. The van der Waals surface area contributed by atoms with Gasteiger partial charge >= 0.3 is 0 Å². The zero-order chi connectivity index (χ0) is 14.8. The minimum absolute atomic E-state index is 0.0681. The van der Waals surface area contributed by atoms with E-state index in [4.69, 9.17) is 0 Å². The monoisotopic (exact) mass is 290 g/mol. The molecule has 1 aromatic heterocycles. The van der Waals surface area contributed by atoms with Gasteiger partial charge < -0.3 is 15.0 Å². The number of carbonyl (C=O) groups is 1. The Kier molecular flexibility index (Phi) is 3.55. The van der Waals surface area contributed by atoms with Crippen LogP contribution in [0.4, 0.5) is 4.39 Å². The van der Waals surface area contributed by atoms with Crippen LogP contribution < -0.4 is 5.32 Å². The molecule has 2 N–H and O–H groups in total. The summed E-state index contributed by atoms with van der Waals surface area (Å²) in [5, 5.41) is 20.4. The van der Waals surface area contributed by atoms with Crippen molar-refractivity contribution in [2.24, 2.45) is 0 Å². The zero-order valence-electron chi connectivity index (χ0n) is 11.3. The van der Waals surface area contributed by atoms with Crippen molar-refractivity contribution in [3.8, 4) is 5.75 Å². The van der Waals surface area contributed by atoms with Crippen LogP contribution in [-0.4, -0.2) is 32.3 Å². The smallest absolute Gasteiger partial charge is 0.255 e. The fourth-order valence-electron chi connectivity index (χ4n) is 2.47. The highest BCUT2D eigenvalue weighted by Crippen LogP contribution is 2.17. The molecule has 3 rings (SSSR count). The van der Waals surface area contributed by atoms with Crippen molar-refractivity contribution >= 4 is 5.91 Å². The summed E-state index contributed by atoms with van der Waals surface area (Å²) in [5.41, 5.74) is -0.0681. The van der Waals surface area contributed by atoms with E-state index in [1.165, 1.54) is 0 Å². The summed E-state index contributed by atoms with van der Waals surface area (Å²) in [7, 11) is 0. The number of fused-ring (bicyclic) bond motifs is 1. The largest absolute Gasteiger partial charge is 0.507 e. The molecule has 0 bridgehead atoms. The zero-order valence-corrected chi connectivity index (χ0v) is 11.3. The molecule has 0 saturated carbocycles. The number of carbonyl (C=O) groups excluding carboxylic acids is 1. The second-order valence-corrected chi connectivity index (χ2v) is 4.96. The van der Waals surface area contributed by atoms with Crippen LogP contribution in [0.1, 0.15) is 28.4 Å². The number of rotatable bonds is 4. The molecule has 1 amide bonds. The summed E-state index contributed by atoms with van der Waals surface area (Å²) >= 11 is 0. The molecule has 0 spiro atoms. The lowest BCUT2D eigenvalue weighted by atomic mass is 10.2. The number of nitrogens with one attached hydrogen (secondary N) is 1. The van der Waals surface area contributed by atoms with E-state index in [1.807, 2.05) is 0 Å². The maximum absolute atomic E-state index is 13.1. The topological polar surface area (TPSA) is 80.0 Å². The van der Waals surface area contributed by atoms with Crippen LogP contribution in [0, 0.1) is 5.82 Å². The Morgan fingerprint density at radius 1 is 1.43 bits per heavy atom.